The number of hydrogen-bond acceptors (Lipinski definition) is 8. The highest BCUT2D eigenvalue weighted by Gasteiger charge is 2.24. The van der Waals surface area contributed by atoms with Gasteiger partial charge in [0.2, 0.25) is 9.84 Å². The normalized spacial score (nSPS) is 17.2. The number of aliphatic carboxylic acids is 1. The van der Waals surface area contributed by atoms with Crippen molar-refractivity contribution in [3.8, 4) is 0 Å². The van der Waals surface area contributed by atoms with Crippen LogP contribution < -0.4 is 10.6 Å². The van der Waals surface area contributed by atoms with Crippen LogP contribution in [0.4, 0.5) is 17.4 Å². The summed E-state index contributed by atoms with van der Waals surface area (Å²) in [6, 6.07) is 21.8. The van der Waals surface area contributed by atoms with E-state index in [1.54, 1.807) is 30.3 Å². The Hall–Kier alpha value is -4.51. The van der Waals surface area contributed by atoms with Crippen molar-refractivity contribution in [3.63, 3.8) is 0 Å². The second-order valence-corrected chi connectivity index (χ2v) is 11.7. The Bertz CT molecular complexity index is 1600. The average Bonchev–Trinajstić information content (AvgIpc) is 3.43. The van der Waals surface area contributed by atoms with E-state index < -0.39 is 21.7 Å². The van der Waals surface area contributed by atoms with Gasteiger partial charge in [-0.15, -0.1) is 5.10 Å². The first kappa shape index (κ1) is 27.1. The third-order valence-corrected chi connectivity index (χ3v) is 8.79. The molecule has 5 rings (SSSR count). The van der Waals surface area contributed by atoms with Crippen molar-refractivity contribution in [3.05, 3.63) is 90.3 Å². The third-order valence-electron chi connectivity index (χ3n) is 7.02. The highest BCUT2D eigenvalue weighted by Crippen LogP contribution is 2.37. The van der Waals surface area contributed by atoms with Crippen LogP contribution in [0.2, 0.25) is 0 Å². The van der Waals surface area contributed by atoms with Gasteiger partial charge in [-0.25, -0.2) is 8.42 Å². The number of carboxylic acid groups (broad SMARTS) is 1. The number of aromatic nitrogens is 2. The number of carbonyl (C=O) groups is 2. The lowest BCUT2D eigenvalue weighted by Crippen LogP contribution is -2.16. The molecule has 11 heteroatoms. The zero-order valence-corrected chi connectivity index (χ0v) is 22.3. The standard InChI is InChI=1S/C29H28N4O6S/c34-26(35)17-19-9-11-20(12-10-19)21-13-15-22(16-14-21)30-27(36)28-32-33-29(39-28)31-23-5-4-8-25(18-23)40(37,38)24-6-2-1-3-7-24/h1-8,13-16,18-20H,9-12,17H2,(H,30,36)(H,31,33)(H,34,35)/t19-,20-. The molecule has 1 fully saturated rings. The maximum absolute atomic E-state index is 12.9. The number of rotatable bonds is 9. The summed E-state index contributed by atoms with van der Waals surface area (Å²) in [6.07, 6.45) is 3.92. The van der Waals surface area contributed by atoms with E-state index in [0.717, 1.165) is 31.2 Å². The molecule has 206 valence electrons. The van der Waals surface area contributed by atoms with Gasteiger partial charge in [0.05, 0.1) is 9.79 Å². The van der Waals surface area contributed by atoms with E-state index in [0.29, 0.717) is 17.3 Å². The Morgan fingerprint density at radius 3 is 2.25 bits per heavy atom. The molecule has 1 aromatic heterocycles. The van der Waals surface area contributed by atoms with Gasteiger partial charge < -0.3 is 20.2 Å². The van der Waals surface area contributed by atoms with Crippen molar-refractivity contribution in [2.24, 2.45) is 5.92 Å². The lowest BCUT2D eigenvalue weighted by Gasteiger charge is -2.28. The molecular weight excluding hydrogens is 532 g/mol. The van der Waals surface area contributed by atoms with Crippen molar-refractivity contribution < 1.29 is 27.5 Å². The van der Waals surface area contributed by atoms with Gasteiger partial charge in [0.15, 0.2) is 0 Å². The van der Waals surface area contributed by atoms with Crippen molar-refractivity contribution in [2.75, 3.05) is 10.6 Å². The van der Waals surface area contributed by atoms with Crippen LogP contribution >= 0.6 is 0 Å². The largest absolute Gasteiger partial charge is 0.481 e. The molecule has 1 amide bonds. The van der Waals surface area contributed by atoms with Crippen molar-refractivity contribution in [1.29, 1.82) is 0 Å². The molecule has 1 aliphatic rings. The van der Waals surface area contributed by atoms with Crippen LogP contribution in [-0.2, 0) is 14.6 Å². The number of carboxylic acids is 1. The number of hydrogen-bond donors (Lipinski definition) is 3. The minimum absolute atomic E-state index is 0.0618. The van der Waals surface area contributed by atoms with Gasteiger partial charge in [-0.3, -0.25) is 9.59 Å². The van der Waals surface area contributed by atoms with E-state index in [1.807, 2.05) is 24.3 Å². The number of carbonyl (C=O) groups excluding carboxylic acids is 1. The molecule has 3 aromatic carbocycles. The highest BCUT2D eigenvalue weighted by atomic mass is 32.2. The molecule has 10 nitrogen and oxygen atoms in total. The molecule has 0 atom stereocenters. The van der Waals surface area contributed by atoms with E-state index in [9.17, 15) is 18.0 Å². The summed E-state index contributed by atoms with van der Waals surface area (Å²) in [5.74, 6) is -0.955. The van der Waals surface area contributed by atoms with Crippen LogP contribution in [0.5, 0.6) is 0 Å². The summed E-state index contributed by atoms with van der Waals surface area (Å²) in [6.45, 7) is 0. The fourth-order valence-electron chi connectivity index (χ4n) is 4.94. The second kappa shape index (κ2) is 11.7. The van der Waals surface area contributed by atoms with Crippen LogP contribution in [0.1, 0.15) is 54.3 Å². The first-order valence-corrected chi connectivity index (χ1v) is 14.4. The topological polar surface area (TPSA) is 151 Å². The summed E-state index contributed by atoms with van der Waals surface area (Å²) in [4.78, 5) is 23.9. The molecule has 1 saturated carbocycles. The number of nitrogens with one attached hydrogen (secondary N) is 2. The number of amides is 1. The molecule has 0 bridgehead atoms. The van der Waals surface area contributed by atoms with Gasteiger partial charge in [0.25, 0.3) is 0 Å². The lowest BCUT2D eigenvalue weighted by atomic mass is 9.77. The molecule has 0 radical (unpaired) electrons. The van der Waals surface area contributed by atoms with Crippen molar-refractivity contribution in [1.82, 2.24) is 10.2 Å². The van der Waals surface area contributed by atoms with Crippen LogP contribution in [-0.4, -0.2) is 35.6 Å². The SMILES string of the molecule is O=C(O)C[C@H]1CC[C@H](c2ccc(NC(=O)c3nnc(Nc4cccc(S(=O)(=O)c5ccccc5)c4)o3)cc2)CC1. The van der Waals surface area contributed by atoms with Crippen LogP contribution in [0.15, 0.2) is 93.1 Å². The van der Waals surface area contributed by atoms with Crippen LogP contribution in [0.3, 0.4) is 0 Å². The third kappa shape index (κ3) is 6.37. The zero-order chi connectivity index (χ0) is 28.1. The summed E-state index contributed by atoms with van der Waals surface area (Å²) >= 11 is 0. The summed E-state index contributed by atoms with van der Waals surface area (Å²) in [7, 11) is -3.71. The molecule has 0 spiro atoms. The molecule has 1 aliphatic carbocycles. The van der Waals surface area contributed by atoms with Crippen LogP contribution in [0.25, 0.3) is 0 Å². The van der Waals surface area contributed by atoms with E-state index in [2.05, 4.69) is 20.8 Å². The summed E-state index contributed by atoms with van der Waals surface area (Å²) in [5.41, 5.74) is 2.13. The molecule has 4 aromatic rings. The minimum atomic E-state index is -3.71. The van der Waals surface area contributed by atoms with E-state index in [4.69, 9.17) is 9.52 Å². The van der Waals surface area contributed by atoms with Gasteiger partial charge >= 0.3 is 23.8 Å². The van der Waals surface area contributed by atoms with Crippen molar-refractivity contribution >= 4 is 39.1 Å². The fraction of sp³-hybridized carbons (Fsp3) is 0.241. The smallest absolute Gasteiger partial charge is 0.320 e. The monoisotopic (exact) mass is 560 g/mol. The number of benzene rings is 3. The van der Waals surface area contributed by atoms with Gasteiger partial charge in [0.1, 0.15) is 0 Å². The fourth-order valence-corrected chi connectivity index (χ4v) is 6.26. The number of nitrogens with zero attached hydrogens (tertiary/aromatic N) is 2. The average molecular weight is 561 g/mol. The van der Waals surface area contributed by atoms with E-state index in [-0.39, 0.29) is 34.0 Å². The molecule has 0 unspecified atom stereocenters. The Balaban J connectivity index is 1.18. The molecule has 1 heterocycles. The second-order valence-electron chi connectivity index (χ2n) is 9.77. The molecule has 0 aliphatic heterocycles. The summed E-state index contributed by atoms with van der Waals surface area (Å²) in [5, 5.41) is 22.2. The van der Waals surface area contributed by atoms with Gasteiger partial charge in [-0.05, 0) is 85.5 Å². The van der Waals surface area contributed by atoms with Crippen molar-refractivity contribution in [2.45, 2.75) is 47.8 Å². The van der Waals surface area contributed by atoms with Gasteiger partial charge in [-0.2, -0.15) is 0 Å². The number of anilines is 3. The molecular formula is C29H28N4O6S. The highest BCUT2D eigenvalue weighted by molar-refractivity contribution is 7.91. The predicted molar refractivity (Wildman–Crippen MR) is 147 cm³/mol. The summed E-state index contributed by atoms with van der Waals surface area (Å²) < 4.78 is 31.3. The maximum Gasteiger partial charge on any atom is 0.320 e. The predicted octanol–water partition coefficient (Wildman–Crippen LogP) is 5.65. The first-order chi connectivity index (χ1) is 19.3. The molecule has 40 heavy (non-hydrogen) atoms. The first-order valence-electron chi connectivity index (χ1n) is 12.9. The maximum atomic E-state index is 12.9. The zero-order valence-electron chi connectivity index (χ0n) is 21.5. The quantitative estimate of drug-likeness (QED) is 0.236. The minimum Gasteiger partial charge on any atom is -0.481 e. The van der Waals surface area contributed by atoms with E-state index in [1.165, 1.54) is 24.3 Å². The Morgan fingerprint density at radius 2 is 1.55 bits per heavy atom. The lowest BCUT2D eigenvalue weighted by molar-refractivity contribution is -0.138. The van der Waals surface area contributed by atoms with E-state index >= 15 is 0 Å². The van der Waals surface area contributed by atoms with Crippen LogP contribution in [0, 0.1) is 5.92 Å². The Kier molecular flexibility index (Phi) is 7.92. The van der Waals surface area contributed by atoms with Gasteiger partial charge in [0, 0.05) is 17.8 Å². The Labute approximate surface area is 231 Å². The molecule has 0 saturated heterocycles. The number of sulfone groups is 1. The van der Waals surface area contributed by atoms with Gasteiger partial charge in [-0.1, -0.05) is 41.5 Å². The molecule has 3 N–H and O–H groups in total. The Morgan fingerprint density at radius 1 is 0.850 bits per heavy atom.